The van der Waals surface area contributed by atoms with Gasteiger partial charge in [-0.05, 0) is 41.9 Å². The second-order valence-corrected chi connectivity index (χ2v) is 5.40. The van der Waals surface area contributed by atoms with E-state index in [0.717, 1.165) is 21.5 Å². The van der Waals surface area contributed by atoms with E-state index >= 15 is 0 Å². The Balaban J connectivity index is 2.35. The highest BCUT2D eigenvalue weighted by molar-refractivity contribution is 14.1. The minimum atomic E-state index is 0.546. The molecule has 2 rings (SSSR count). The SMILES string of the molecule is CCc1nc(C2CCCC2)nc(Cl)c1I. The number of nitrogens with zero attached hydrogens (tertiary/aromatic N) is 2. The lowest BCUT2D eigenvalue weighted by Crippen LogP contribution is -2.06. The van der Waals surface area contributed by atoms with Crippen LogP contribution in [0.25, 0.3) is 0 Å². The summed E-state index contributed by atoms with van der Waals surface area (Å²) in [5, 5.41) is 0.629. The fourth-order valence-corrected chi connectivity index (χ4v) is 2.90. The maximum absolute atomic E-state index is 6.12. The summed E-state index contributed by atoms with van der Waals surface area (Å²) in [4.78, 5) is 9.04. The summed E-state index contributed by atoms with van der Waals surface area (Å²) in [5.41, 5.74) is 1.09. The number of aromatic nitrogens is 2. The molecule has 2 nitrogen and oxygen atoms in total. The van der Waals surface area contributed by atoms with Crippen molar-refractivity contribution in [3.63, 3.8) is 0 Å². The number of hydrogen-bond donors (Lipinski definition) is 0. The van der Waals surface area contributed by atoms with Crippen LogP contribution in [0, 0.1) is 3.57 Å². The quantitative estimate of drug-likeness (QED) is 0.603. The smallest absolute Gasteiger partial charge is 0.146 e. The number of rotatable bonds is 2. The van der Waals surface area contributed by atoms with Crippen LogP contribution in [-0.4, -0.2) is 9.97 Å². The van der Waals surface area contributed by atoms with Gasteiger partial charge in [-0.15, -0.1) is 0 Å². The lowest BCUT2D eigenvalue weighted by molar-refractivity contribution is 0.659. The van der Waals surface area contributed by atoms with Crippen LogP contribution in [0.3, 0.4) is 0 Å². The van der Waals surface area contributed by atoms with Crippen LogP contribution < -0.4 is 0 Å². The highest BCUT2D eigenvalue weighted by Gasteiger charge is 2.21. The summed E-state index contributed by atoms with van der Waals surface area (Å²) in [6, 6.07) is 0. The largest absolute Gasteiger partial charge is 0.236 e. The molecule has 0 amide bonds. The van der Waals surface area contributed by atoms with Crippen molar-refractivity contribution >= 4 is 34.2 Å². The first kappa shape index (κ1) is 11.6. The molecule has 0 aromatic carbocycles. The second kappa shape index (κ2) is 4.95. The topological polar surface area (TPSA) is 25.8 Å². The minimum Gasteiger partial charge on any atom is -0.236 e. The van der Waals surface area contributed by atoms with Crippen molar-refractivity contribution < 1.29 is 0 Å². The molecule has 4 heteroatoms. The van der Waals surface area contributed by atoms with Crippen LogP contribution in [0.4, 0.5) is 0 Å². The molecule has 1 heterocycles. The van der Waals surface area contributed by atoms with Gasteiger partial charge in [0.2, 0.25) is 0 Å². The Bertz CT molecular complexity index is 362. The highest BCUT2D eigenvalue weighted by Crippen LogP contribution is 2.33. The van der Waals surface area contributed by atoms with E-state index in [1.165, 1.54) is 25.7 Å². The van der Waals surface area contributed by atoms with Gasteiger partial charge < -0.3 is 0 Å². The molecule has 1 aliphatic carbocycles. The molecule has 1 aromatic rings. The Labute approximate surface area is 109 Å². The van der Waals surface area contributed by atoms with Gasteiger partial charge in [-0.3, -0.25) is 0 Å². The molecule has 1 fully saturated rings. The van der Waals surface area contributed by atoms with Crippen molar-refractivity contribution in [2.45, 2.75) is 44.9 Å². The Hall–Kier alpha value is 0.100. The van der Waals surface area contributed by atoms with Crippen LogP contribution in [0.5, 0.6) is 0 Å². The van der Waals surface area contributed by atoms with Gasteiger partial charge in [0.05, 0.1) is 9.26 Å². The van der Waals surface area contributed by atoms with Crippen molar-refractivity contribution in [1.82, 2.24) is 9.97 Å². The van der Waals surface area contributed by atoms with E-state index in [0.29, 0.717) is 11.1 Å². The molecule has 0 N–H and O–H groups in total. The van der Waals surface area contributed by atoms with Crippen molar-refractivity contribution in [3.05, 3.63) is 20.2 Å². The van der Waals surface area contributed by atoms with Gasteiger partial charge in [0.1, 0.15) is 11.0 Å². The van der Waals surface area contributed by atoms with Crippen molar-refractivity contribution in [1.29, 1.82) is 0 Å². The van der Waals surface area contributed by atoms with Gasteiger partial charge >= 0.3 is 0 Å². The third kappa shape index (κ3) is 2.44. The minimum absolute atomic E-state index is 0.546. The molecule has 1 aromatic heterocycles. The van der Waals surface area contributed by atoms with E-state index in [4.69, 9.17) is 11.6 Å². The summed E-state index contributed by atoms with van der Waals surface area (Å²) in [6.45, 7) is 2.11. The molecule has 82 valence electrons. The fraction of sp³-hybridized carbons (Fsp3) is 0.636. The summed E-state index contributed by atoms with van der Waals surface area (Å²) >= 11 is 8.35. The van der Waals surface area contributed by atoms with E-state index < -0.39 is 0 Å². The molecule has 0 radical (unpaired) electrons. The monoisotopic (exact) mass is 336 g/mol. The molecule has 0 bridgehead atoms. The van der Waals surface area contributed by atoms with Gasteiger partial charge in [-0.25, -0.2) is 9.97 Å². The maximum atomic E-state index is 6.12. The van der Waals surface area contributed by atoms with Crippen LogP contribution in [0.2, 0.25) is 5.15 Å². The van der Waals surface area contributed by atoms with E-state index in [9.17, 15) is 0 Å². The molecule has 15 heavy (non-hydrogen) atoms. The van der Waals surface area contributed by atoms with E-state index in [2.05, 4.69) is 39.5 Å². The van der Waals surface area contributed by atoms with Crippen molar-refractivity contribution in [2.75, 3.05) is 0 Å². The Morgan fingerprint density at radius 2 is 2.00 bits per heavy atom. The molecule has 0 unspecified atom stereocenters. The first-order valence-electron chi connectivity index (χ1n) is 5.44. The van der Waals surface area contributed by atoms with Gasteiger partial charge in [0.15, 0.2) is 0 Å². The molecule has 1 saturated carbocycles. The van der Waals surface area contributed by atoms with Crippen LogP contribution in [0.15, 0.2) is 0 Å². The average molecular weight is 337 g/mol. The Morgan fingerprint density at radius 1 is 1.33 bits per heavy atom. The zero-order valence-corrected chi connectivity index (χ0v) is 11.7. The average Bonchev–Trinajstić information content (AvgIpc) is 2.75. The molecule has 0 atom stereocenters. The predicted molar refractivity (Wildman–Crippen MR) is 70.3 cm³/mol. The van der Waals surface area contributed by atoms with E-state index in [1.54, 1.807) is 0 Å². The first-order valence-corrected chi connectivity index (χ1v) is 6.89. The Morgan fingerprint density at radius 3 is 2.60 bits per heavy atom. The zero-order chi connectivity index (χ0) is 10.8. The number of halogens is 2. The van der Waals surface area contributed by atoms with E-state index in [1.807, 2.05) is 0 Å². The van der Waals surface area contributed by atoms with Crippen molar-refractivity contribution in [3.8, 4) is 0 Å². The number of hydrogen-bond acceptors (Lipinski definition) is 2. The van der Waals surface area contributed by atoms with E-state index in [-0.39, 0.29) is 0 Å². The lowest BCUT2D eigenvalue weighted by atomic mass is 10.1. The molecular weight excluding hydrogens is 322 g/mol. The third-order valence-electron chi connectivity index (χ3n) is 2.95. The maximum Gasteiger partial charge on any atom is 0.146 e. The van der Waals surface area contributed by atoms with Crippen LogP contribution in [0.1, 0.15) is 50.0 Å². The highest BCUT2D eigenvalue weighted by atomic mass is 127. The zero-order valence-electron chi connectivity index (χ0n) is 8.76. The molecule has 0 aliphatic heterocycles. The van der Waals surface area contributed by atoms with Gasteiger partial charge in [0.25, 0.3) is 0 Å². The van der Waals surface area contributed by atoms with Gasteiger partial charge in [-0.2, -0.15) is 0 Å². The summed E-state index contributed by atoms with van der Waals surface area (Å²) in [6.07, 6.45) is 5.98. The van der Waals surface area contributed by atoms with Crippen LogP contribution in [-0.2, 0) is 6.42 Å². The van der Waals surface area contributed by atoms with Gasteiger partial charge in [0, 0.05) is 5.92 Å². The summed E-state index contributed by atoms with van der Waals surface area (Å²) in [5.74, 6) is 1.51. The molecule has 1 aliphatic rings. The fourth-order valence-electron chi connectivity index (χ4n) is 2.08. The molecule has 0 saturated heterocycles. The third-order valence-corrected chi connectivity index (χ3v) is 4.68. The lowest BCUT2D eigenvalue weighted by Gasteiger charge is -2.11. The Kier molecular flexibility index (Phi) is 3.83. The van der Waals surface area contributed by atoms with Gasteiger partial charge in [-0.1, -0.05) is 31.4 Å². The normalized spacial score (nSPS) is 17.3. The van der Waals surface area contributed by atoms with Crippen LogP contribution >= 0.6 is 34.2 Å². The number of aryl methyl sites for hydroxylation is 1. The molecule has 0 spiro atoms. The standard InChI is InChI=1S/C11H14ClIN2/c1-2-8-9(13)10(12)15-11(14-8)7-5-3-4-6-7/h7H,2-6H2,1H3. The molecular formula is C11H14ClIN2. The summed E-state index contributed by atoms with van der Waals surface area (Å²) < 4.78 is 1.01. The predicted octanol–water partition coefficient (Wildman–Crippen LogP) is 3.95. The second-order valence-electron chi connectivity index (χ2n) is 3.97. The first-order chi connectivity index (χ1) is 7.22. The summed E-state index contributed by atoms with van der Waals surface area (Å²) in [7, 11) is 0. The van der Waals surface area contributed by atoms with Crippen molar-refractivity contribution in [2.24, 2.45) is 0 Å².